The Hall–Kier alpha value is -1.87. The van der Waals surface area contributed by atoms with Gasteiger partial charge in [-0.15, -0.1) is 0 Å². The summed E-state index contributed by atoms with van der Waals surface area (Å²) >= 11 is 0. The van der Waals surface area contributed by atoms with Gasteiger partial charge in [-0.05, 0) is 37.6 Å². The summed E-state index contributed by atoms with van der Waals surface area (Å²) in [7, 11) is 2.14. The molecule has 1 heterocycles. The van der Waals surface area contributed by atoms with Gasteiger partial charge in [0.1, 0.15) is 0 Å². The molecule has 3 heteroatoms. The number of hydrogen-bond donors (Lipinski definition) is 1. The molecule has 1 aromatic carbocycles. The minimum atomic E-state index is 0.821. The highest BCUT2D eigenvalue weighted by Gasteiger charge is 2.04. The molecule has 0 fully saturated rings. The normalized spacial score (nSPS) is 10.6. The van der Waals surface area contributed by atoms with Gasteiger partial charge in [-0.3, -0.25) is 4.98 Å². The monoisotopic (exact) mass is 269 g/mol. The Labute approximate surface area is 121 Å². The molecule has 0 saturated carbocycles. The average molecular weight is 269 g/mol. The molecule has 1 aromatic heterocycles. The van der Waals surface area contributed by atoms with E-state index in [0.717, 1.165) is 25.3 Å². The van der Waals surface area contributed by atoms with Gasteiger partial charge >= 0.3 is 0 Å². The quantitative estimate of drug-likeness (QED) is 0.817. The van der Waals surface area contributed by atoms with Gasteiger partial charge in [-0.25, -0.2) is 0 Å². The fourth-order valence-electron chi connectivity index (χ4n) is 2.32. The summed E-state index contributed by atoms with van der Waals surface area (Å²) in [5.41, 5.74) is 5.03. The first-order valence-electron chi connectivity index (χ1n) is 7.06. The van der Waals surface area contributed by atoms with Gasteiger partial charge in [0.25, 0.3) is 0 Å². The lowest BCUT2D eigenvalue weighted by Crippen LogP contribution is -2.29. The summed E-state index contributed by atoms with van der Waals surface area (Å²) in [6.07, 6.45) is 1.83. The Morgan fingerprint density at radius 1 is 1.15 bits per heavy atom. The second-order valence-corrected chi connectivity index (χ2v) is 5.21. The molecule has 0 saturated heterocycles. The van der Waals surface area contributed by atoms with Crippen molar-refractivity contribution in [2.75, 3.05) is 25.0 Å². The van der Waals surface area contributed by atoms with Crippen LogP contribution in [0.15, 0.2) is 42.6 Å². The molecule has 0 atom stereocenters. The van der Waals surface area contributed by atoms with Gasteiger partial charge in [0.2, 0.25) is 0 Å². The van der Waals surface area contributed by atoms with Crippen molar-refractivity contribution in [1.82, 2.24) is 10.3 Å². The lowest BCUT2D eigenvalue weighted by molar-refractivity contribution is 0.668. The van der Waals surface area contributed by atoms with Crippen LogP contribution < -0.4 is 10.2 Å². The zero-order valence-electron chi connectivity index (χ0n) is 12.6. The van der Waals surface area contributed by atoms with Gasteiger partial charge in [0.05, 0.1) is 5.69 Å². The van der Waals surface area contributed by atoms with Crippen molar-refractivity contribution < 1.29 is 0 Å². The molecule has 0 aliphatic carbocycles. The molecule has 0 amide bonds. The number of rotatable bonds is 6. The van der Waals surface area contributed by atoms with E-state index in [9.17, 15) is 0 Å². The van der Waals surface area contributed by atoms with E-state index in [0.29, 0.717) is 0 Å². The zero-order chi connectivity index (χ0) is 14.4. The Balaban J connectivity index is 1.79. The Kier molecular flexibility index (Phi) is 5.13. The third kappa shape index (κ3) is 4.07. The van der Waals surface area contributed by atoms with E-state index in [2.05, 4.69) is 54.3 Å². The van der Waals surface area contributed by atoms with Crippen LogP contribution in [-0.4, -0.2) is 25.1 Å². The van der Waals surface area contributed by atoms with Crippen LogP contribution in [0.5, 0.6) is 0 Å². The van der Waals surface area contributed by atoms with Crippen molar-refractivity contribution >= 4 is 5.69 Å². The van der Waals surface area contributed by atoms with Crippen LogP contribution in [0, 0.1) is 13.8 Å². The van der Waals surface area contributed by atoms with Crippen molar-refractivity contribution in [2.45, 2.75) is 20.4 Å². The Bertz CT molecular complexity index is 537. The summed E-state index contributed by atoms with van der Waals surface area (Å²) in [4.78, 5) is 6.59. The summed E-state index contributed by atoms with van der Waals surface area (Å²) in [5.74, 6) is 0. The molecule has 1 N–H and O–H groups in total. The molecular formula is C17H23N3. The van der Waals surface area contributed by atoms with Crippen LogP contribution >= 0.6 is 0 Å². The maximum Gasteiger partial charge on any atom is 0.0541 e. The molecular weight excluding hydrogens is 246 g/mol. The second-order valence-electron chi connectivity index (χ2n) is 5.21. The van der Waals surface area contributed by atoms with Gasteiger partial charge < -0.3 is 10.2 Å². The first kappa shape index (κ1) is 14.5. The third-order valence-electron chi connectivity index (χ3n) is 3.42. The second kappa shape index (κ2) is 7.06. The first-order valence-corrected chi connectivity index (χ1v) is 7.06. The number of pyridine rings is 1. The third-order valence-corrected chi connectivity index (χ3v) is 3.42. The zero-order valence-corrected chi connectivity index (χ0v) is 12.6. The predicted molar refractivity (Wildman–Crippen MR) is 85.1 cm³/mol. The summed E-state index contributed by atoms with van der Waals surface area (Å²) < 4.78 is 0. The minimum Gasteiger partial charge on any atom is -0.373 e. The van der Waals surface area contributed by atoms with Crippen LogP contribution in [0.4, 0.5) is 5.69 Å². The van der Waals surface area contributed by atoms with Crippen molar-refractivity contribution in [3.63, 3.8) is 0 Å². The standard InChI is InChI=1S/C17H23N3/c1-14-7-8-17(15(2)12-14)20(3)11-10-18-13-16-6-4-5-9-19-16/h4-9,12,18H,10-11,13H2,1-3H3. The number of aromatic nitrogens is 1. The SMILES string of the molecule is Cc1ccc(N(C)CCNCc2ccccn2)c(C)c1. The number of hydrogen-bond acceptors (Lipinski definition) is 3. The lowest BCUT2D eigenvalue weighted by Gasteiger charge is -2.22. The van der Waals surface area contributed by atoms with Gasteiger partial charge in [-0.1, -0.05) is 23.8 Å². The molecule has 0 unspecified atom stereocenters. The maximum atomic E-state index is 4.30. The van der Waals surface area contributed by atoms with E-state index in [1.54, 1.807) is 0 Å². The van der Waals surface area contributed by atoms with Gasteiger partial charge in [0.15, 0.2) is 0 Å². The van der Waals surface area contributed by atoms with Crippen LogP contribution in [0.25, 0.3) is 0 Å². The summed E-state index contributed by atoms with van der Waals surface area (Å²) in [6, 6.07) is 12.6. The summed E-state index contributed by atoms with van der Waals surface area (Å²) in [5, 5.41) is 3.43. The highest BCUT2D eigenvalue weighted by atomic mass is 15.1. The molecule has 106 valence electrons. The van der Waals surface area contributed by atoms with E-state index in [1.165, 1.54) is 16.8 Å². The van der Waals surface area contributed by atoms with E-state index in [1.807, 2.05) is 24.4 Å². The van der Waals surface area contributed by atoms with Crippen LogP contribution in [-0.2, 0) is 6.54 Å². The summed E-state index contributed by atoms with van der Waals surface area (Å²) in [6.45, 7) is 7.05. The smallest absolute Gasteiger partial charge is 0.0541 e. The van der Waals surface area contributed by atoms with Crippen molar-refractivity contribution in [2.24, 2.45) is 0 Å². The topological polar surface area (TPSA) is 28.2 Å². The molecule has 0 aliphatic heterocycles. The van der Waals surface area contributed by atoms with Crippen LogP contribution in [0.1, 0.15) is 16.8 Å². The van der Waals surface area contributed by atoms with E-state index >= 15 is 0 Å². The first-order chi connectivity index (χ1) is 9.66. The fraction of sp³-hybridized carbons (Fsp3) is 0.353. The highest BCUT2D eigenvalue weighted by Crippen LogP contribution is 2.19. The van der Waals surface area contributed by atoms with Crippen molar-refractivity contribution in [1.29, 1.82) is 0 Å². The highest BCUT2D eigenvalue weighted by molar-refractivity contribution is 5.53. The lowest BCUT2D eigenvalue weighted by atomic mass is 10.1. The Morgan fingerprint density at radius 3 is 2.70 bits per heavy atom. The van der Waals surface area contributed by atoms with Crippen LogP contribution in [0.2, 0.25) is 0 Å². The van der Waals surface area contributed by atoms with Crippen LogP contribution in [0.3, 0.4) is 0 Å². The number of likely N-dealkylation sites (N-methyl/N-ethyl adjacent to an activating group) is 1. The fourth-order valence-corrected chi connectivity index (χ4v) is 2.32. The van der Waals surface area contributed by atoms with Crippen molar-refractivity contribution in [3.05, 3.63) is 59.4 Å². The molecule has 0 spiro atoms. The molecule has 20 heavy (non-hydrogen) atoms. The number of aryl methyl sites for hydroxylation is 2. The van der Waals surface area contributed by atoms with Gasteiger partial charge in [-0.2, -0.15) is 0 Å². The molecule has 2 rings (SSSR count). The van der Waals surface area contributed by atoms with E-state index in [-0.39, 0.29) is 0 Å². The minimum absolute atomic E-state index is 0.821. The van der Waals surface area contributed by atoms with E-state index in [4.69, 9.17) is 0 Å². The maximum absolute atomic E-state index is 4.30. The molecule has 0 radical (unpaired) electrons. The van der Waals surface area contributed by atoms with Crippen molar-refractivity contribution in [3.8, 4) is 0 Å². The largest absolute Gasteiger partial charge is 0.373 e. The number of benzene rings is 1. The predicted octanol–water partition coefficient (Wildman–Crippen LogP) is 2.92. The molecule has 2 aromatic rings. The molecule has 0 bridgehead atoms. The number of nitrogens with zero attached hydrogens (tertiary/aromatic N) is 2. The van der Waals surface area contributed by atoms with Gasteiger partial charge in [0, 0.05) is 38.6 Å². The molecule has 3 nitrogen and oxygen atoms in total. The Morgan fingerprint density at radius 2 is 2.00 bits per heavy atom. The number of nitrogens with one attached hydrogen (secondary N) is 1. The average Bonchev–Trinajstić information content (AvgIpc) is 2.44. The number of anilines is 1. The van der Waals surface area contributed by atoms with E-state index < -0.39 is 0 Å². The molecule has 0 aliphatic rings.